The van der Waals surface area contributed by atoms with Gasteiger partial charge in [0.25, 0.3) is 5.56 Å². The van der Waals surface area contributed by atoms with Crippen LogP contribution in [0.25, 0.3) is 11.2 Å². The zero-order valence-corrected chi connectivity index (χ0v) is 10.7. The summed E-state index contributed by atoms with van der Waals surface area (Å²) in [4.78, 5) is 31.8. The number of rotatable bonds is 2. The fourth-order valence-corrected chi connectivity index (χ4v) is 2.51. The van der Waals surface area contributed by atoms with Gasteiger partial charge in [-0.05, 0) is 6.92 Å². The number of fused-ring (bicyclic) bond motifs is 1. The lowest BCUT2D eigenvalue weighted by atomic mass is 10.2. The van der Waals surface area contributed by atoms with Crippen molar-refractivity contribution in [2.45, 2.75) is 31.8 Å². The molecule has 0 spiro atoms. The van der Waals surface area contributed by atoms with Crippen molar-refractivity contribution < 1.29 is 14.9 Å². The van der Waals surface area contributed by atoms with Crippen LogP contribution in [-0.4, -0.2) is 48.5 Å². The van der Waals surface area contributed by atoms with Crippen molar-refractivity contribution in [1.29, 1.82) is 0 Å². The van der Waals surface area contributed by atoms with Crippen LogP contribution in [-0.2, 0) is 4.74 Å². The first-order valence-corrected chi connectivity index (χ1v) is 6.16. The van der Waals surface area contributed by atoms with Crippen molar-refractivity contribution in [3.05, 3.63) is 26.7 Å². The normalized spacial score (nSPS) is 26.4. The number of hydrogen-bond acceptors (Lipinski definition) is 6. The third kappa shape index (κ3) is 1.87. The summed E-state index contributed by atoms with van der Waals surface area (Å²) in [6, 6.07) is 0. The zero-order valence-electron chi connectivity index (χ0n) is 10.7. The lowest BCUT2D eigenvalue weighted by Crippen LogP contribution is -2.24. The van der Waals surface area contributed by atoms with Gasteiger partial charge in [-0.15, -0.1) is 0 Å². The van der Waals surface area contributed by atoms with E-state index in [9.17, 15) is 14.7 Å². The predicted molar refractivity (Wildman–Crippen MR) is 67.3 cm³/mol. The van der Waals surface area contributed by atoms with Crippen molar-refractivity contribution in [2.24, 2.45) is 0 Å². The summed E-state index contributed by atoms with van der Waals surface area (Å²) in [6.07, 6.45) is -1.85. The van der Waals surface area contributed by atoms with Gasteiger partial charge in [-0.3, -0.25) is 19.3 Å². The molecule has 0 amide bonds. The molecular weight excluding hydrogens is 268 g/mol. The Morgan fingerprint density at radius 2 is 2.20 bits per heavy atom. The molecular formula is C11H14N4O5. The molecule has 3 atom stereocenters. The molecule has 108 valence electrons. The first-order chi connectivity index (χ1) is 9.51. The van der Waals surface area contributed by atoms with E-state index in [1.54, 1.807) is 11.5 Å². The maximum atomic E-state index is 11.7. The lowest BCUT2D eigenvalue weighted by molar-refractivity contribution is -0.0438. The van der Waals surface area contributed by atoms with E-state index in [4.69, 9.17) is 9.84 Å². The van der Waals surface area contributed by atoms with Gasteiger partial charge in [0.2, 0.25) is 0 Å². The number of imidazole rings is 1. The molecule has 0 bridgehead atoms. The topological polar surface area (TPSA) is 133 Å². The molecule has 0 radical (unpaired) electrons. The molecule has 3 heterocycles. The van der Waals surface area contributed by atoms with Crippen LogP contribution >= 0.6 is 0 Å². The molecule has 4 N–H and O–H groups in total. The van der Waals surface area contributed by atoms with E-state index in [2.05, 4.69) is 15.0 Å². The second-order valence-corrected chi connectivity index (χ2v) is 4.75. The molecule has 20 heavy (non-hydrogen) atoms. The molecule has 0 aromatic carbocycles. The number of aliphatic hydroxyl groups is 2. The molecule has 0 aliphatic carbocycles. The minimum atomic E-state index is -0.810. The summed E-state index contributed by atoms with van der Waals surface area (Å²) >= 11 is 0. The number of H-pyrrole nitrogens is 2. The van der Waals surface area contributed by atoms with Gasteiger partial charge in [0, 0.05) is 6.42 Å². The maximum Gasteiger partial charge on any atom is 0.327 e. The van der Waals surface area contributed by atoms with E-state index in [-0.39, 0.29) is 24.2 Å². The van der Waals surface area contributed by atoms with E-state index in [1.165, 1.54) is 0 Å². The Hall–Kier alpha value is -1.97. The molecule has 9 nitrogen and oxygen atoms in total. The third-order valence-corrected chi connectivity index (χ3v) is 3.43. The molecule has 0 unspecified atom stereocenters. The number of aromatic amines is 2. The van der Waals surface area contributed by atoms with E-state index in [0.717, 1.165) is 0 Å². The smallest absolute Gasteiger partial charge is 0.327 e. The quantitative estimate of drug-likeness (QED) is 0.522. The van der Waals surface area contributed by atoms with E-state index in [1.807, 2.05) is 0 Å². The minimum Gasteiger partial charge on any atom is -0.394 e. The number of nitrogens with zero attached hydrogens (tertiary/aromatic N) is 2. The summed E-state index contributed by atoms with van der Waals surface area (Å²) in [5.41, 5.74) is -0.872. The van der Waals surface area contributed by atoms with Crippen molar-refractivity contribution in [2.75, 3.05) is 6.61 Å². The third-order valence-electron chi connectivity index (χ3n) is 3.43. The van der Waals surface area contributed by atoms with Crippen molar-refractivity contribution in [3.8, 4) is 0 Å². The van der Waals surface area contributed by atoms with Gasteiger partial charge in [0.1, 0.15) is 23.8 Å². The fraction of sp³-hybridized carbons (Fsp3) is 0.545. The van der Waals surface area contributed by atoms with Crippen molar-refractivity contribution in [3.63, 3.8) is 0 Å². The van der Waals surface area contributed by atoms with E-state index in [0.29, 0.717) is 5.82 Å². The summed E-state index contributed by atoms with van der Waals surface area (Å²) in [5.74, 6) is 0.475. The summed E-state index contributed by atoms with van der Waals surface area (Å²) in [7, 11) is 0. The molecule has 2 aromatic heterocycles. The van der Waals surface area contributed by atoms with Crippen LogP contribution in [0.2, 0.25) is 0 Å². The van der Waals surface area contributed by atoms with E-state index < -0.39 is 29.7 Å². The Bertz CT molecular complexity index is 760. The van der Waals surface area contributed by atoms with Gasteiger partial charge in [-0.1, -0.05) is 0 Å². The average Bonchev–Trinajstić information content (AvgIpc) is 2.89. The van der Waals surface area contributed by atoms with Crippen LogP contribution in [0.15, 0.2) is 9.59 Å². The highest BCUT2D eigenvalue weighted by atomic mass is 16.5. The Morgan fingerprint density at radius 1 is 1.45 bits per heavy atom. The Morgan fingerprint density at radius 3 is 2.85 bits per heavy atom. The van der Waals surface area contributed by atoms with Crippen LogP contribution in [0, 0.1) is 6.92 Å². The van der Waals surface area contributed by atoms with Gasteiger partial charge in [-0.2, -0.15) is 0 Å². The highest BCUT2D eigenvalue weighted by molar-refractivity contribution is 5.69. The minimum absolute atomic E-state index is 0.104. The summed E-state index contributed by atoms with van der Waals surface area (Å²) in [5, 5.41) is 18.9. The number of nitrogens with one attached hydrogen (secondary N) is 2. The van der Waals surface area contributed by atoms with Crippen LogP contribution in [0.1, 0.15) is 18.5 Å². The highest BCUT2D eigenvalue weighted by Gasteiger charge is 2.36. The van der Waals surface area contributed by atoms with Gasteiger partial charge in [0.15, 0.2) is 5.52 Å². The fourth-order valence-electron chi connectivity index (χ4n) is 2.51. The molecule has 3 rings (SSSR count). The summed E-state index contributed by atoms with van der Waals surface area (Å²) in [6.45, 7) is 1.36. The second kappa shape index (κ2) is 4.54. The molecule has 1 aliphatic rings. The Balaban J connectivity index is 2.15. The largest absolute Gasteiger partial charge is 0.394 e. The average molecular weight is 282 g/mol. The highest BCUT2D eigenvalue weighted by Crippen LogP contribution is 2.31. The number of aliphatic hydroxyl groups excluding tert-OH is 2. The number of hydrogen-bond donors (Lipinski definition) is 4. The van der Waals surface area contributed by atoms with Crippen LogP contribution < -0.4 is 11.2 Å². The van der Waals surface area contributed by atoms with Crippen LogP contribution in [0.5, 0.6) is 0 Å². The van der Waals surface area contributed by atoms with Crippen LogP contribution in [0.4, 0.5) is 0 Å². The zero-order chi connectivity index (χ0) is 14.4. The monoisotopic (exact) mass is 282 g/mol. The van der Waals surface area contributed by atoms with Gasteiger partial charge < -0.3 is 14.9 Å². The Labute approximate surface area is 111 Å². The number of aryl methyl sites for hydroxylation is 1. The molecule has 1 fully saturated rings. The van der Waals surface area contributed by atoms with Crippen molar-refractivity contribution in [1.82, 2.24) is 19.5 Å². The number of aromatic nitrogens is 4. The molecule has 1 saturated heterocycles. The predicted octanol–water partition coefficient (Wildman–Crippen LogP) is -1.64. The molecule has 2 aromatic rings. The van der Waals surface area contributed by atoms with Gasteiger partial charge in [-0.25, -0.2) is 9.78 Å². The first kappa shape index (κ1) is 13.0. The lowest BCUT2D eigenvalue weighted by Gasteiger charge is -2.15. The Kier molecular flexibility index (Phi) is 2.96. The summed E-state index contributed by atoms with van der Waals surface area (Å²) < 4.78 is 7.07. The van der Waals surface area contributed by atoms with Gasteiger partial charge >= 0.3 is 5.69 Å². The van der Waals surface area contributed by atoms with Crippen LogP contribution in [0.3, 0.4) is 0 Å². The van der Waals surface area contributed by atoms with E-state index >= 15 is 0 Å². The molecule has 1 aliphatic heterocycles. The molecule has 0 saturated carbocycles. The maximum absolute atomic E-state index is 11.7. The molecule has 9 heteroatoms. The van der Waals surface area contributed by atoms with Crippen molar-refractivity contribution >= 4 is 11.2 Å². The standard InChI is InChI=1S/C11H14N4O5/c1-4-12-8-9(13-11(19)14-10(8)18)15(4)7-2-5(17)6(3-16)20-7/h5-7,16-17H,2-3H2,1H3,(H2,13,14,18,19)/t5-,6+,7+/m1/s1. The second-order valence-electron chi connectivity index (χ2n) is 4.75. The SMILES string of the molecule is Cc1nc2c(=O)[nH]c(=O)[nH]c2n1[C@@H]1C[C@@H](O)[C@H](CO)O1. The first-order valence-electron chi connectivity index (χ1n) is 6.16. The van der Waals surface area contributed by atoms with Gasteiger partial charge in [0.05, 0.1) is 12.7 Å². The number of ether oxygens (including phenoxy) is 1.